The van der Waals surface area contributed by atoms with Gasteiger partial charge in [0.15, 0.2) is 0 Å². The fraction of sp³-hybridized carbons (Fsp3) is 0.588. The zero-order valence-electron chi connectivity index (χ0n) is 12.7. The number of benzene rings is 1. The van der Waals surface area contributed by atoms with Crippen molar-refractivity contribution < 1.29 is 9.90 Å². The van der Waals surface area contributed by atoms with Gasteiger partial charge in [0.25, 0.3) is 0 Å². The van der Waals surface area contributed by atoms with Crippen molar-refractivity contribution in [3.63, 3.8) is 0 Å². The van der Waals surface area contributed by atoms with E-state index < -0.39 is 11.4 Å². The van der Waals surface area contributed by atoms with Gasteiger partial charge in [-0.25, -0.2) is 0 Å². The molecule has 1 aliphatic heterocycles. The van der Waals surface area contributed by atoms with Crippen LogP contribution in [0.15, 0.2) is 24.3 Å². The molecule has 1 fully saturated rings. The molecule has 1 aromatic rings. The van der Waals surface area contributed by atoms with Gasteiger partial charge < -0.3 is 10.0 Å². The van der Waals surface area contributed by atoms with E-state index in [9.17, 15) is 9.90 Å². The Morgan fingerprint density at radius 3 is 2.20 bits per heavy atom. The molecule has 0 unspecified atom stereocenters. The third kappa shape index (κ3) is 2.73. The Labute approximate surface area is 121 Å². The Kier molecular flexibility index (Phi) is 4.48. The van der Waals surface area contributed by atoms with Crippen LogP contribution < -0.4 is 0 Å². The van der Waals surface area contributed by atoms with E-state index in [4.69, 9.17) is 0 Å². The molecule has 1 aliphatic rings. The molecule has 0 spiro atoms. The minimum atomic E-state index is -0.697. The molecular formula is C17H25NO2. The molecule has 3 heteroatoms. The number of likely N-dealkylation sites (tertiary alicyclic amines) is 1. The van der Waals surface area contributed by atoms with E-state index >= 15 is 0 Å². The largest absolute Gasteiger partial charge is 0.481 e. The maximum atomic E-state index is 11.9. The van der Waals surface area contributed by atoms with E-state index in [-0.39, 0.29) is 0 Å². The molecule has 1 saturated heterocycles. The molecule has 0 saturated carbocycles. The van der Waals surface area contributed by atoms with E-state index in [0.29, 0.717) is 18.9 Å². The summed E-state index contributed by atoms with van der Waals surface area (Å²) in [4.78, 5) is 14.3. The average molecular weight is 275 g/mol. The maximum Gasteiger partial charge on any atom is 0.314 e. The average Bonchev–Trinajstić information content (AvgIpc) is 2.47. The molecule has 0 amide bonds. The Bertz CT molecular complexity index is 456. The fourth-order valence-corrected chi connectivity index (χ4v) is 3.11. The van der Waals surface area contributed by atoms with Crippen LogP contribution in [0.3, 0.4) is 0 Å². The van der Waals surface area contributed by atoms with Crippen LogP contribution in [-0.2, 0) is 16.6 Å². The van der Waals surface area contributed by atoms with Crippen LogP contribution in [-0.4, -0.2) is 35.1 Å². The highest BCUT2D eigenvalue weighted by Crippen LogP contribution is 2.36. The Hall–Kier alpha value is -1.35. The molecule has 110 valence electrons. The number of carbonyl (C=O) groups is 1. The van der Waals surface area contributed by atoms with Gasteiger partial charge in [-0.2, -0.15) is 0 Å². The lowest BCUT2D eigenvalue weighted by Crippen LogP contribution is -2.49. The SMILES string of the molecule is CCc1ccc(C2(C(=O)O)CCN(C(C)C)CC2)cc1. The minimum absolute atomic E-state index is 0.490. The normalized spacial score (nSPS) is 19.2. The van der Waals surface area contributed by atoms with Crippen molar-refractivity contribution in [1.82, 2.24) is 4.90 Å². The Morgan fingerprint density at radius 1 is 1.25 bits per heavy atom. The number of hydrogen-bond acceptors (Lipinski definition) is 2. The monoisotopic (exact) mass is 275 g/mol. The summed E-state index contributed by atoms with van der Waals surface area (Å²) in [5.41, 5.74) is 1.53. The molecule has 1 aromatic carbocycles. The van der Waals surface area contributed by atoms with Crippen molar-refractivity contribution in [2.24, 2.45) is 0 Å². The molecule has 20 heavy (non-hydrogen) atoms. The first-order valence-corrected chi connectivity index (χ1v) is 7.56. The zero-order valence-corrected chi connectivity index (χ0v) is 12.7. The van der Waals surface area contributed by atoms with E-state index in [1.807, 2.05) is 12.1 Å². The zero-order chi connectivity index (χ0) is 14.8. The van der Waals surface area contributed by atoms with Gasteiger partial charge in [0.2, 0.25) is 0 Å². The second-order valence-electron chi connectivity index (χ2n) is 6.07. The summed E-state index contributed by atoms with van der Waals surface area (Å²) < 4.78 is 0. The van der Waals surface area contributed by atoms with Crippen LogP contribution in [0, 0.1) is 0 Å². The van der Waals surface area contributed by atoms with Crippen LogP contribution in [0.5, 0.6) is 0 Å². The number of aliphatic carboxylic acids is 1. The van der Waals surface area contributed by atoms with Gasteiger partial charge in [0.1, 0.15) is 0 Å². The van der Waals surface area contributed by atoms with Crippen LogP contribution in [0.2, 0.25) is 0 Å². The molecule has 3 nitrogen and oxygen atoms in total. The lowest BCUT2D eigenvalue weighted by Gasteiger charge is -2.41. The maximum absolute atomic E-state index is 11.9. The van der Waals surface area contributed by atoms with Crippen molar-refractivity contribution in [1.29, 1.82) is 0 Å². The highest BCUT2D eigenvalue weighted by molar-refractivity contribution is 5.81. The van der Waals surface area contributed by atoms with Crippen molar-refractivity contribution in [3.8, 4) is 0 Å². The first kappa shape index (κ1) is 15.0. The van der Waals surface area contributed by atoms with Gasteiger partial charge in [-0.05, 0) is 57.3 Å². The van der Waals surface area contributed by atoms with Gasteiger partial charge in [0, 0.05) is 6.04 Å². The van der Waals surface area contributed by atoms with Gasteiger partial charge in [-0.1, -0.05) is 31.2 Å². The third-order valence-corrected chi connectivity index (χ3v) is 4.71. The summed E-state index contributed by atoms with van der Waals surface area (Å²) in [5.74, 6) is -0.676. The number of rotatable bonds is 4. The minimum Gasteiger partial charge on any atom is -0.481 e. The van der Waals surface area contributed by atoms with Gasteiger partial charge in [-0.15, -0.1) is 0 Å². The van der Waals surface area contributed by atoms with E-state index in [1.165, 1.54) is 5.56 Å². The summed E-state index contributed by atoms with van der Waals surface area (Å²) in [7, 11) is 0. The highest BCUT2D eigenvalue weighted by Gasteiger charge is 2.43. The standard InChI is InChI=1S/C17H25NO2/c1-4-14-5-7-15(8-6-14)17(16(19)20)9-11-18(12-10-17)13(2)3/h5-8,13H,4,9-12H2,1-3H3,(H,19,20). The summed E-state index contributed by atoms with van der Waals surface area (Å²) in [6.07, 6.45) is 2.39. The predicted molar refractivity (Wildman–Crippen MR) is 81.1 cm³/mol. The van der Waals surface area contributed by atoms with Crippen LogP contribution in [0.25, 0.3) is 0 Å². The number of carboxylic acid groups (broad SMARTS) is 1. The molecule has 0 bridgehead atoms. The number of nitrogens with zero attached hydrogens (tertiary/aromatic N) is 1. The predicted octanol–water partition coefficient (Wildman–Crippen LogP) is 3.08. The third-order valence-electron chi connectivity index (χ3n) is 4.71. The number of piperidine rings is 1. The lowest BCUT2D eigenvalue weighted by atomic mass is 9.72. The van der Waals surface area contributed by atoms with Crippen molar-refractivity contribution in [2.45, 2.75) is 51.5 Å². The number of carboxylic acids is 1. The first-order valence-electron chi connectivity index (χ1n) is 7.56. The van der Waals surface area contributed by atoms with Crippen LogP contribution in [0.1, 0.15) is 44.7 Å². The van der Waals surface area contributed by atoms with Crippen molar-refractivity contribution in [3.05, 3.63) is 35.4 Å². The van der Waals surface area contributed by atoms with E-state index in [0.717, 1.165) is 25.1 Å². The quantitative estimate of drug-likeness (QED) is 0.918. The second kappa shape index (κ2) is 5.96. The van der Waals surface area contributed by atoms with E-state index in [2.05, 4.69) is 37.8 Å². The topological polar surface area (TPSA) is 40.5 Å². The molecule has 0 atom stereocenters. The number of hydrogen-bond donors (Lipinski definition) is 1. The Balaban J connectivity index is 2.25. The summed E-state index contributed by atoms with van der Waals surface area (Å²) in [6, 6.07) is 8.64. The second-order valence-corrected chi connectivity index (χ2v) is 6.07. The Morgan fingerprint density at radius 2 is 1.80 bits per heavy atom. The molecule has 0 aliphatic carbocycles. The fourth-order valence-electron chi connectivity index (χ4n) is 3.11. The first-order chi connectivity index (χ1) is 9.49. The number of aryl methyl sites for hydroxylation is 1. The van der Waals surface area contributed by atoms with Crippen molar-refractivity contribution >= 4 is 5.97 Å². The molecule has 1 N–H and O–H groups in total. The van der Waals surface area contributed by atoms with Gasteiger partial charge in [-0.3, -0.25) is 4.79 Å². The molecule has 0 radical (unpaired) electrons. The molecular weight excluding hydrogens is 250 g/mol. The highest BCUT2D eigenvalue weighted by atomic mass is 16.4. The van der Waals surface area contributed by atoms with Crippen LogP contribution >= 0.6 is 0 Å². The van der Waals surface area contributed by atoms with Crippen LogP contribution in [0.4, 0.5) is 0 Å². The molecule has 0 aromatic heterocycles. The van der Waals surface area contributed by atoms with Crippen molar-refractivity contribution in [2.75, 3.05) is 13.1 Å². The summed E-state index contributed by atoms with van der Waals surface area (Å²) in [5, 5.41) is 9.78. The smallest absolute Gasteiger partial charge is 0.314 e. The summed E-state index contributed by atoms with van der Waals surface area (Å²) in [6.45, 7) is 8.18. The molecule has 2 rings (SSSR count). The summed E-state index contributed by atoms with van der Waals surface area (Å²) >= 11 is 0. The van der Waals surface area contributed by atoms with Gasteiger partial charge >= 0.3 is 5.97 Å². The van der Waals surface area contributed by atoms with E-state index in [1.54, 1.807) is 0 Å². The van der Waals surface area contributed by atoms with Gasteiger partial charge in [0.05, 0.1) is 5.41 Å². The molecule has 1 heterocycles. The lowest BCUT2D eigenvalue weighted by molar-refractivity contribution is -0.146.